The average molecular weight is 228 g/mol. The van der Waals surface area contributed by atoms with Crippen molar-refractivity contribution in [3.8, 4) is 0 Å². The SMILES string of the molecule is c1ccc2oc(N[C@H]3C[C@@H]4CC[C@H]3C4)nc2c1. The fourth-order valence-electron chi connectivity index (χ4n) is 3.51. The first-order valence-corrected chi connectivity index (χ1v) is 6.50. The molecule has 2 aromatic rings. The maximum absolute atomic E-state index is 5.72. The van der Waals surface area contributed by atoms with Crippen LogP contribution in [-0.4, -0.2) is 11.0 Å². The molecule has 1 aromatic carbocycles. The third-order valence-electron chi connectivity index (χ3n) is 4.34. The minimum Gasteiger partial charge on any atom is -0.424 e. The lowest BCUT2D eigenvalue weighted by atomic mass is 9.96. The zero-order chi connectivity index (χ0) is 11.2. The topological polar surface area (TPSA) is 38.1 Å². The molecule has 1 N–H and O–H groups in total. The zero-order valence-electron chi connectivity index (χ0n) is 9.73. The number of anilines is 1. The lowest BCUT2D eigenvalue weighted by molar-refractivity contribution is 0.429. The largest absolute Gasteiger partial charge is 0.424 e. The number of nitrogens with zero attached hydrogens (tertiary/aromatic N) is 1. The van der Waals surface area contributed by atoms with E-state index >= 15 is 0 Å². The Kier molecular flexibility index (Phi) is 1.95. The number of oxazole rings is 1. The molecule has 3 atom stereocenters. The first-order chi connectivity index (χ1) is 8.38. The van der Waals surface area contributed by atoms with E-state index in [1.54, 1.807) is 0 Å². The summed E-state index contributed by atoms with van der Waals surface area (Å²) in [4.78, 5) is 4.48. The van der Waals surface area contributed by atoms with Gasteiger partial charge in [0.15, 0.2) is 5.58 Å². The van der Waals surface area contributed by atoms with Crippen molar-refractivity contribution in [3.63, 3.8) is 0 Å². The standard InChI is InChI=1S/C14H16N2O/c1-2-4-13-11(3-1)15-14(17-13)16-12-8-9-5-6-10(12)7-9/h1-4,9-10,12H,5-8H2,(H,15,16)/t9-,10+,12+/m1/s1. The molecule has 1 aromatic heterocycles. The van der Waals surface area contributed by atoms with Gasteiger partial charge >= 0.3 is 0 Å². The van der Waals surface area contributed by atoms with Crippen molar-refractivity contribution in [1.82, 2.24) is 4.98 Å². The number of aromatic nitrogens is 1. The van der Waals surface area contributed by atoms with E-state index < -0.39 is 0 Å². The lowest BCUT2D eigenvalue weighted by Crippen LogP contribution is -2.25. The molecule has 3 heteroatoms. The van der Waals surface area contributed by atoms with E-state index in [-0.39, 0.29) is 0 Å². The number of hydrogen-bond donors (Lipinski definition) is 1. The first-order valence-electron chi connectivity index (χ1n) is 6.50. The van der Waals surface area contributed by atoms with Crippen molar-refractivity contribution >= 4 is 17.1 Å². The summed E-state index contributed by atoms with van der Waals surface area (Å²) in [5, 5.41) is 3.48. The van der Waals surface area contributed by atoms with Crippen LogP contribution in [-0.2, 0) is 0 Å². The van der Waals surface area contributed by atoms with Gasteiger partial charge < -0.3 is 9.73 Å². The van der Waals surface area contributed by atoms with E-state index in [2.05, 4.69) is 10.3 Å². The maximum Gasteiger partial charge on any atom is 0.295 e. The number of fused-ring (bicyclic) bond motifs is 3. The smallest absolute Gasteiger partial charge is 0.295 e. The van der Waals surface area contributed by atoms with Gasteiger partial charge in [0.2, 0.25) is 0 Å². The van der Waals surface area contributed by atoms with E-state index in [9.17, 15) is 0 Å². The average Bonchev–Trinajstić information content (AvgIpc) is 3.01. The molecule has 0 aliphatic heterocycles. The lowest BCUT2D eigenvalue weighted by Gasteiger charge is -2.21. The molecular formula is C14H16N2O. The van der Waals surface area contributed by atoms with Crippen LogP contribution in [0.15, 0.2) is 28.7 Å². The van der Waals surface area contributed by atoms with Crippen LogP contribution < -0.4 is 5.32 Å². The third kappa shape index (κ3) is 1.53. The summed E-state index contributed by atoms with van der Waals surface area (Å²) in [5.74, 6) is 1.79. The fourth-order valence-corrected chi connectivity index (χ4v) is 3.51. The van der Waals surface area contributed by atoms with Crippen LogP contribution in [0.25, 0.3) is 11.1 Å². The van der Waals surface area contributed by atoms with Crippen LogP contribution >= 0.6 is 0 Å². The molecule has 17 heavy (non-hydrogen) atoms. The van der Waals surface area contributed by atoms with Gasteiger partial charge in [0.1, 0.15) is 5.52 Å². The molecule has 0 amide bonds. The highest BCUT2D eigenvalue weighted by molar-refractivity contribution is 5.74. The maximum atomic E-state index is 5.72. The molecular weight excluding hydrogens is 212 g/mol. The van der Waals surface area contributed by atoms with Crippen LogP contribution in [0.5, 0.6) is 0 Å². The number of benzene rings is 1. The number of hydrogen-bond acceptors (Lipinski definition) is 3. The molecule has 0 unspecified atom stereocenters. The predicted molar refractivity (Wildman–Crippen MR) is 66.9 cm³/mol. The van der Waals surface area contributed by atoms with E-state index in [0.29, 0.717) is 12.1 Å². The fraction of sp³-hybridized carbons (Fsp3) is 0.500. The Hall–Kier alpha value is -1.51. The number of nitrogens with one attached hydrogen (secondary N) is 1. The second kappa shape index (κ2) is 3.49. The van der Waals surface area contributed by atoms with Crippen LogP contribution in [0.1, 0.15) is 25.7 Å². The molecule has 0 radical (unpaired) electrons. The zero-order valence-corrected chi connectivity index (χ0v) is 9.73. The van der Waals surface area contributed by atoms with E-state index in [4.69, 9.17) is 4.42 Å². The second-order valence-electron chi connectivity index (χ2n) is 5.41. The van der Waals surface area contributed by atoms with Gasteiger partial charge in [0, 0.05) is 6.04 Å². The Morgan fingerprint density at radius 3 is 2.88 bits per heavy atom. The summed E-state index contributed by atoms with van der Waals surface area (Å²) < 4.78 is 5.72. The Morgan fingerprint density at radius 1 is 1.18 bits per heavy atom. The molecule has 1 heterocycles. The van der Waals surface area contributed by atoms with Crippen LogP contribution in [0.3, 0.4) is 0 Å². The molecule has 0 spiro atoms. The van der Waals surface area contributed by atoms with Crippen LogP contribution in [0, 0.1) is 11.8 Å². The van der Waals surface area contributed by atoms with Crippen molar-refractivity contribution in [2.24, 2.45) is 11.8 Å². The van der Waals surface area contributed by atoms with Gasteiger partial charge in [0.05, 0.1) is 0 Å². The van der Waals surface area contributed by atoms with Gasteiger partial charge in [-0.25, -0.2) is 0 Å². The summed E-state index contributed by atoms with van der Waals surface area (Å²) >= 11 is 0. The predicted octanol–water partition coefficient (Wildman–Crippen LogP) is 3.43. The van der Waals surface area contributed by atoms with Gasteiger partial charge in [-0.3, -0.25) is 0 Å². The van der Waals surface area contributed by atoms with Crippen LogP contribution in [0.4, 0.5) is 6.01 Å². The minimum atomic E-state index is 0.585. The van der Waals surface area contributed by atoms with Gasteiger partial charge in [-0.15, -0.1) is 0 Å². The molecule has 3 nitrogen and oxygen atoms in total. The molecule has 2 fully saturated rings. The Bertz CT molecular complexity index is 515. The quantitative estimate of drug-likeness (QED) is 0.855. The first kappa shape index (κ1) is 9.51. The highest BCUT2D eigenvalue weighted by atomic mass is 16.4. The normalized spacial score (nSPS) is 31.2. The molecule has 2 saturated carbocycles. The minimum absolute atomic E-state index is 0.585. The Labute approximate surface area is 100 Å². The monoisotopic (exact) mass is 228 g/mol. The van der Waals surface area contributed by atoms with Gasteiger partial charge in [-0.05, 0) is 43.2 Å². The molecule has 4 rings (SSSR count). The van der Waals surface area contributed by atoms with Gasteiger partial charge in [0.25, 0.3) is 6.01 Å². The van der Waals surface area contributed by atoms with Crippen molar-refractivity contribution < 1.29 is 4.42 Å². The summed E-state index contributed by atoms with van der Waals surface area (Å²) in [5.41, 5.74) is 1.82. The summed E-state index contributed by atoms with van der Waals surface area (Å²) in [6.07, 6.45) is 5.50. The van der Waals surface area contributed by atoms with Gasteiger partial charge in [-0.2, -0.15) is 4.98 Å². The molecule has 88 valence electrons. The van der Waals surface area contributed by atoms with Crippen LogP contribution in [0.2, 0.25) is 0 Å². The Balaban J connectivity index is 1.59. The summed E-state index contributed by atoms with van der Waals surface area (Å²) in [7, 11) is 0. The van der Waals surface area contributed by atoms with Crippen molar-refractivity contribution in [2.45, 2.75) is 31.7 Å². The summed E-state index contributed by atoms with van der Waals surface area (Å²) in [6, 6.07) is 9.21. The number of rotatable bonds is 2. The van der Waals surface area contributed by atoms with Crippen molar-refractivity contribution in [1.29, 1.82) is 0 Å². The summed E-state index contributed by atoms with van der Waals surface area (Å²) in [6.45, 7) is 0. The van der Waals surface area contributed by atoms with Gasteiger partial charge in [-0.1, -0.05) is 18.6 Å². The van der Waals surface area contributed by atoms with E-state index in [1.165, 1.54) is 25.7 Å². The van der Waals surface area contributed by atoms with Crippen molar-refractivity contribution in [2.75, 3.05) is 5.32 Å². The molecule has 2 aliphatic rings. The van der Waals surface area contributed by atoms with E-state index in [1.807, 2.05) is 24.3 Å². The highest BCUT2D eigenvalue weighted by Crippen LogP contribution is 2.45. The molecule has 2 aliphatic carbocycles. The molecule has 0 saturated heterocycles. The number of para-hydroxylation sites is 2. The Morgan fingerprint density at radius 2 is 2.12 bits per heavy atom. The van der Waals surface area contributed by atoms with E-state index in [0.717, 1.165) is 22.9 Å². The third-order valence-corrected chi connectivity index (χ3v) is 4.34. The molecule has 2 bridgehead atoms. The highest BCUT2D eigenvalue weighted by Gasteiger charge is 2.39. The van der Waals surface area contributed by atoms with Crippen molar-refractivity contribution in [3.05, 3.63) is 24.3 Å². The second-order valence-corrected chi connectivity index (χ2v) is 5.41.